The molecule has 1 heterocycles. The lowest BCUT2D eigenvalue weighted by Gasteiger charge is -2.27. The lowest BCUT2D eigenvalue weighted by atomic mass is 9.91. The number of nitrogens with zero attached hydrogens (tertiary/aromatic N) is 3. The Bertz CT molecular complexity index is 932. The van der Waals surface area contributed by atoms with E-state index in [9.17, 15) is 4.79 Å². The Balaban J connectivity index is 1.96. The molecule has 0 aromatic heterocycles. The maximum absolute atomic E-state index is 13.0. The van der Waals surface area contributed by atoms with Crippen molar-refractivity contribution in [2.45, 2.75) is 32.7 Å². The molecule has 30 heavy (non-hydrogen) atoms. The van der Waals surface area contributed by atoms with Crippen molar-refractivity contribution < 1.29 is 4.79 Å². The second kappa shape index (κ2) is 10.0. The summed E-state index contributed by atoms with van der Waals surface area (Å²) in [5.74, 6) is -0.384. The van der Waals surface area contributed by atoms with Gasteiger partial charge < -0.3 is 0 Å². The van der Waals surface area contributed by atoms with Gasteiger partial charge in [0, 0.05) is 29.6 Å². The van der Waals surface area contributed by atoms with E-state index in [1.54, 1.807) is 22.2 Å². The summed E-state index contributed by atoms with van der Waals surface area (Å²) >= 11 is 18.6. The highest BCUT2D eigenvalue weighted by Crippen LogP contribution is 2.42. The summed E-state index contributed by atoms with van der Waals surface area (Å²) in [5.41, 5.74) is 5.05. The Morgan fingerprint density at radius 3 is 2.43 bits per heavy atom. The monoisotopic (exact) mass is 466 g/mol. The smallest absolute Gasteiger partial charge is 0.282 e. The van der Waals surface area contributed by atoms with Crippen LogP contribution in [0.5, 0.6) is 0 Å². The maximum Gasteiger partial charge on any atom is 0.282 e. The van der Waals surface area contributed by atoms with Gasteiger partial charge in [-0.15, -0.1) is 0 Å². The van der Waals surface area contributed by atoms with Gasteiger partial charge in [-0.2, -0.15) is 5.10 Å². The topological polar surface area (TPSA) is 47.9 Å². The normalized spacial score (nSPS) is 18.6. The highest BCUT2D eigenvalue weighted by molar-refractivity contribution is 6.41. The van der Waals surface area contributed by atoms with Gasteiger partial charge in [-0.3, -0.25) is 15.2 Å². The van der Waals surface area contributed by atoms with E-state index in [1.807, 2.05) is 44.3 Å². The third-order valence-electron chi connectivity index (χ3n) is 5.12. The van der Waals surface area contributed by atoms with Gasteiger partial charge in [0.05, 0.1) is 16.8 Å². The van der Waals surface area contributed by atoms with Crippen molar-refractivity contribution in [1.29, 1.82) is 0 Å². The van der Waals surface area contributed by atoms with E-state index in [0.717, 1.165) is 24.9 Å². The number of nitrogens with one attached hydrogen (secondary N) is 1. The summed E-state index contributed by atoms with van der Waals surface area (Å²) in [4.78, 5) is 13.0. The molecule has 0 bridgehead atoms. The van der Waals surface area contributed by atoms with Gasteiger partial charge in [-0.05, 0) is 42.3 Å². The molecule has 2 atom stereocenters. The lowest BCUT2D eigenvalue weighted by Crippen LogP contribution is -2.44. The van der Waals surface area contributed by atoms with Crippen LogP contribution in [0.2, 0.25) is 15.1 Å². The summed E-state index contributed by atoms with van der Waals surface area (Å²) in [5, 5.41) is 9.96. The van der Waals surface area contributed by atoms with Gasteiger partial charge in [-0.1, -0.05) is 67.2 Å². The zero-order valence-corrected chi connectivity index (χ0v) is 19.5. The second-order valence-corrected chi connectivity index (χ2v) is 8.71. The zero-order valence-electron chi connectivity index (χ0n) is 17.2. The number of unbranched alkanes of at least 4 members (excludes halogenated alkanes) is 1. The molecule has 0 aliphatic carbocycles. The first-order chi connectivity index (χ1) is 14.3. The fraction of sp³-hybridized carbons (Fsp3) is 0.364. The molecule has 5 nitrogen and oxygen atoms in total. The number of hydrogen-bond acceptors (Lipinski definition) is 4. The Morgan fingerprint density at radius 1 is 1.13 bits per heavy atom. The van der Waals surface area contributed by atoms with E-state index in [-0.39, 0.29) is 17.9 Å². The molecule has 0 fully saturated rings. The molecule has 1 N–H and O–H groups in total. The van der Waals surface area contributed by atoms with Crippen molar-refractivity contribution in [2.75, 3.05) is 18.6 Å². The van der Waals surface area contributed by atoms with E-state index in [1.165, 1.54) is 0 Å². The molecule has 1 aliphatic heterocycles. The average Bonchev–Trinajstić information content (AvgIpc) is 3.04. The van der Waals surface area contributed by atoms with E-state index in [4.69, 9.17) is 39.9 Å². The number of hydrogen-bond donors (Lipinski definition) is 1. The Hall–Kier alpha value is -1.79. The number of carbonyl (C=O) groups excluding carboxylic acids is 1. The molecular formula is C22H25Cl3N4O. The molecule has 2 aromatic carbocycles. The minimum absolute atomic E-state index is 0.169. The van der Waals surface area contributed by atoms with Gasteiger partial charge in [-0.25, -0.2) is 5.01 Å². The molecule has 0 saturated carbocycles. The summed E-state index contributed by atoms with van der Waals surface area (Å²) in [6.45, 7) is 4.88. The first-order valence-electron chi connectivity index (χ1n) is 9.92. The third-order valence-corrected chi connectivity index (χ3v) is 5.91. The number of anilines is 1. The fourth-order valence-corrected chi connectivity index (χ4v) is 4.15. The fourth-order valence-electron chi connectivity index (χ4n) is 3.53. The predicted molar refractivity (Wildman–Crippen MR) is 125 cm³/mol. The number of hydrazone groups is 1. The summed E-state index contributed by atoms with van der Waals surface area (Å²) in [6.07, 6.45) is 2.05. The summed E-state index contributed by atoms with van der Waals surface area (Å²) < 4.78 is 0. The van der Waals surface area contributed by atoms with E-state index in [2.05, 4.69) is 12.3 Å². The van der Waals surface area contributed by atoms with Crippen LogP contribution < -0.4 is 10.4 Å². The Kier molecular flexibility index (Phi) is 7.64. The first-order valence-corrected chi connectivity index (χ1v) is 11.1. The van der Waals surface area contributed by atoms with Gasteiger partial charge in [0.2, 0.25) is 0 Å². The highest BCUT2D eigenvalue weighted by Gasteiger charge is 2.40. The van der Waals surface area contributed by atoms with Crippen LogP contribution in [-0.4, -0.2) is 30.2 Å². The van der Waals surface area contributed by atoms with Crippen LogP contribution in [0.25, 0.3) is 0 Å². The standard InChI is InChI=1S/C22H25Cl3N4O/c1-4-5-12-28(3)27-22(30)20-14(2)21(15-6-8-16(23)9-7-15)29(26-20)19-11-10-17(24)13-18(19)25/h6-11,13-14,21H,4-5,12H2,1-3H3,(H,27,30)/t14-,21?/m1/s1. The number of hydrazine groups is 1. The summed E-state index contributed by atoms with van der Waals surface area (Å²) in [6, 6.07) is 12.6. The molecule has 0 spiro atoms. The number of benzene rings is 2. The van der Waals surface area contributed by atoms with Gasteiger partial charge in [0.25, 0.3) is 5.91 Å². The Morgan fingerprint density at radius 2 is 1.80 bits per heavy atom. The second-order valence-electron chi connectivity index (χ2n) is 7.43. The van der Waals surface area contributed by atoms with Gasteiger partial charge in [0.15, 0.2) is 0 Å². The van der Waals surface area contributed by atoms with Crippen LogP contribution in [-0.2, 0) is 4.79 Å². The number of amides is 1. The van der Waals surface area contributed by atoms with Crippen molar-refractivity contribution in [1.82, 2.24) is 10.4 Å². The molecule has 2 aromatic rings. The number of halogens is 3. The molecular weight excluding hydrogens is 443 g/mol. The number of carbonyl (C=O) groups is 1. The van der Waals surface area contributed by atoms with Crippen LogP contribution in [0.4, 0.5) is 5.69 Å². The molecule has 0 radical (unpaired) electrons. The largest absolute Gasteiger partial charge is 0.284 e. The minimum Gasteiger partial charge on any atom is -0.284 e. The van der Waals surface area contributed by atoms with Crippen LogP contribution in [0.3, 0.4) is 0 Å². The van der Waals surface area contributed by atoms with Crippen LogP contribution in [0.1, 0.15) is 38.3 Å². The van der Waals surface area contributed by atoms with Crippen molar-refractivity contribution in [3.8, 4) is 0 Å². The average molecular weight is 468 g/mol. The molecule has 1 aliphatic rings. The minimum atomic E-state index is -0.215. The van der Waals surface area contributed by atoms with Crippen LogP contribution >= 0.6 is 34.8 Å². The van der Waals surface area contributed by atoms with Crippen molar-refractivity contribution in [2.24, 2.45) is 11.0 Å². The molecule has 3 rings (SSSR count). The molecule has 1 amide bonds. The Labute approximate surface area is 192 Å². The highest BCUT2D eigenvalue weighted by atomic mass is 35.5. The molecule has 160 valence electrons. The van der Waals surface area contributed by atoms with Crippen molar-refractivity contribution in [3.05, 3.63) is 63.1 Å². The lowest BCUT2D eigenvalue weighted by molar-refractivity contribution is -0.119. The third kappa shape index (κ3) is 5.09. The maximum atomic E-state index is 13.0. The quantitative estimate of drug-likeness (QED) is 0.511. The number of rotatable bonds is 7. The molecule has 0 saturated heterocycles. The first kappa shape index (κ1) is 22.9. The van der Waals surface area contributed by atoms with Crippen LogP contribution in [0, 0.1) is 5.92 Å². The summed E-state index contributed by atoms with van der Waals surface area (Å²) in [7, 11) is 1.86. The van der Waals surface area contributed by atoms with Gasteiger partial charge >= 0.3 is 0 Å². The SMILES string of the molecule is CCCCN(C)NC(=O)C1=NN(c2ccc(Cl)cc2Cl)C(c2ccc(Cl)cc2)[C@@H]1C. The van der Waals surface area contributed by atoms with Crippen molar-refractivity contribution in [3.63, 3.8) is 0 Å². The van der Waals surface area contributed by atoms with E-state index < -0.39 is 0 Å². The van der Waals surface area contributed by atoms with Crippen molar-refractivity contribution >= 4 is 52.1 Å². The van der Waals surface area contributed by atoms with E-state index in [0.29, 0.717) is 26.5 Å². The van der Waals surface area contributed by atoms with Crippen LogP contribution in [0.15, 0.2) is 47.6 Å². The molecule has 8 heteroatoms. The predicted octanol–water partition coefficient (Wildman–Crippen LogP) is 5.96. The van der Waals surface area contributed by atoms with Gasteiger partial charge in [0.1, 0.15) is 5.71 Å². The molecule has 1 unspecified atom stereocenters. The zero-order chi connectivity index (χ0) is 21.8. The van der Waals surface area contributed by atoms with E-state index >= 15 is 0 Å².